The Balaban J connectivity index is 1.60. The molecule has 3 aromatic rings. The molecule has 0 atom stereocenters. The third kappa shape index (κ3) is 5.32. The highest BCUT2D eigenvalue weighted by atomic mass is 32.1. The number of fused-ring (bicyclic) bond motifs is 1. The second kappa shape index (κ2) is 9.51. The Hall–Kier alpha value is -2.94. The Morgan fingerprint density at radius 1 is 1.28 bits per heavy atom. The van der Waals surface area contributed by atoms with Crippen molar-refractivity contribution >= 4 is 27.3 Å². The molecule has 0 saturated heterocycles. The number of carbonyl (C=O) groups excluding carboxylic acids is 1. The predicted octanol–water partition coefficient (Wildman–Crippen LogP) is 2.25. The minimum absolute atomic E-state index is 0.132. The lowest BCUT2D eigenvalue weighted by Gasteiger charge is -2.14. The molecule has 154 valence electrons. The van der Waals surface area contributed by atoms with Crippen LogP contribution in [0.1, 0.15) is 31.5 Å². The minimum atomic E-state index is -0.200. The largest absolute Gasteiger partial charge is 0.494 e. The molecule has 0 bridgehead atoms. The van der Waals surface area contributed by atoms with E-state index in [0.717, 1.165) is 29.8 Å². The maximum absolute atomic E-state index is 12.3. The molecular formula is C20H25N5O3S. The zero-order chi connectivity index (χ0) is 20.8. The molecule has 0 aliphatic carbocycles. The fourth-order valence-corrected chi connectivity index (χ4v) is 3.68. The van der Waals surface area contributed by atoms with E-state index < -0.39 is 0 Å². The van der Waals surface area contributed by atoms with Gasteiger partial charge in [0.1, 0.15) is 5.75 Å². The first-order valence-corrected chi connectivity index (χ1v) is 10.4. The molecule has 1 aromatic carbocycles. The Labute approximate surface area is 173 Å². The fraction of sp³-hybridized carbons (Fsp3) is 0.400. The fourth-order valence-electron chi connectivity index (χ4n) is 2.79. The van der Waals surface area contributed by atoms with Crippen LogP contribution in [0.25, 0.3) is 4.96 Å². The molecule has 1 amide bonds. The van der Waals surface area contributed by atoms with E-state index in [-0.39, 0.29) is 18.0 Å². The number of amides is 1. The number of carbonyl (C=O) groups is 1. The number of hydrogen-bond donors (Lipinski definition) is 1. The van der Waals surface area contributed by atoms with E-state index in [2.05, 4.69) is 15.4 Å². The summed E-state index contributed by atoms with van der Waals surface area (Å²) in [7, 11) is 1.77. The van der Waals surface area contributed by atoms with Crippen molar-refractivity contribution in [3.63, 3.8) is 0 Å². The second-order valence-corrected chi connectivity index (χ2v) is 7.56. The van der Waals surface area contributed by atoms with Gasteiger partial charge in [0, 0.05) is 25.4 Å². The van der Waals surface area contributed by atoms with Crippen LogP contribution in [-0.4, -0.2) is 40.7 Å². The number of benzene rings is 1. The van der Waals surface area contributed by atoms with Crippen LogP contribution in [-0.2, 0) is 17.8 Å². The molecule has 0 aliphatic rings. The Morgan fingerprint density at radius 3 is 2.72 bits per heavy atom. The van der Waals surface area contributed by atoms with Crippen LogP contribution in [0, 0.1) is 0 Å². The van der Waals surface area contributed by atoms with Gasteiger partial charge in [-0.1, -0.05) is 36.8 Å². The lowest BCUT2D eigenvalue weighted by atomic mass is 10.2. The average Bonchev–Trinajstić information content (AvgIpc) is 3.13. The van der Waals surface area contributed by atoms with Gasteiger partial charge in [-0.2, -0.15) is 4.52 Å². The van der Waals surface area contributed by atoms with E-state index in [1.807, 2.05) is 38.1 Å². The highest BCUT2D eigenvalue weighted by molar-refractivity contribution is 7.20. The molecule has 0 radical (unpaired) electrons. The number of hydrogen-bond acceptors (Lipinski definition) is 7. The van der Waals surface area contributed by atoms with E-state index >= 15 is 0 Å². The van der Waals surface area contributed by atoms with Crippen LogP contribution in [0.5, 0.6) is 5.75 Å². The smallest absolute Gasteiger partial charge is 0.275 e. The van der Waals surface area contributed by atoms with Crippen molar-refractivity contribution in [2.24, 2.45) is 0 Å². The molecular weight excluding hydrogens is 390 g/mol. The van der Waals surface area contributed by atoms with Crippen molar-refractivity contribution in [2.45, 2.75) is 33.2 Å². The molecule has 9 heteroatoms. The zero-order valence-electron chi connectivity index (χ0n) is 16.8. The summed E-state index contributed by atoms with van der Waals surface area (Å²) in [5.74, 6) is 0.678. The maximum Gasteiger partial charge on any atom is 0.275 e. The number of nitrogens with one attached hydrogen (secondary N) is 1. The molecule has 0 fully saturated rings. The van der Waals surface area contributed by atoms with Crippen LogP contribution < -0.4 is 20.5 Å². The lowest BCUT2D eigenvalue weighted by molar-refractivity contribution is -0.119. The number of rotatable bonds is 9. The van der Waals surface area contributed by atoms with Crippen LogP contribution in [0.4, 0.5) is 5.13 Å². The number of aryl methyl sites for hydroxylation is 1. The quantitative estimate of drug-likeness (QED) is 0.577. The topological polar surface area (TPSA) is 88.8 Å². The molecule has 1 N–H and O–H groups in total. The SMILES string of the molecule is CCCc1cc(=O)n2nc(N(C)CC(=O)NCc3ccc(OCC)cc3)sc2n1. The van der Waals surface area contributed by atoms with E-state index in [1.54, 1.807) is 11.9 Å². The molecule has 29 heavy (non-hydrogen) atoms. The van der Waals surface area contributed by atoms with Gasteiger partial charge in [-0.3, -0.25) is 9.59 Å². The zero-order valence-corrected chi connectivity index (χ0v) is 17.7. The van der Waals surface area contributed by atoms with Gasteiger partial charge in [-0.05, 0) is 31.0 Å². The van der Waals surface area contributed by atoms with Gasteiger partial charge in [0.05, 0.1) is 13.2 Å². The van der Waals surface area contributed by atoms with E-state index in [9.17, 15) is 9.59 Å². The summed E-state index contributed by atoms with van der Waals surface area (Å²) >= 11 is 1.29. The monoisotopic (exact) mass is 415 g/mol. The summed E-state index contributed by atoms with van der Waals surface area (Å²) in [5, 5.41) is 7.77. The second-order valence-electron chi connectivity index (χ2n) is 6.62. The highest BCUT2D eigenvalue weighted by Crippen LogP contribution is 2.20. The van der Waals surface area contributed by atoms with Crippen molar-refractivity contribution < 1.29 is 9.53 Å². The number of nitrogens with zero attached hydrogens (tertiary/aromatic N) is 4. The molecule has 0 unspecified atom stereocenters. The predicted molar refractivity (Wildman–Crippen MR) is 114 cm³/mol. The van der Waals surface area contributed by atoms with Crippen molar-refractivity contribution in [3.8, 4) is 5.75 Å². The van der Waals surface area contributed by atoms with Gasteiger partial charge < -0.3 is 15.0 Å². The Morgan fingerprint density at radius 2 is 2.03 bits per heavy atom. The third-order valence-electron chi connectivity index (χ3n) is 4.22. The molecule has 2 heterocycles. The molecule has 0 aliphatic heterocycles. The van der Waals surface area contributed by atoms with Crippen LogP contribution in [0.15, 0.2) is 35.1 Å². The van der Waals surface area contributed by atoms with Gasteiger partial charge in [-0.15, -0.1) is 5.10 Å². The average molecular weight is 416 g/mol. The van der Waals surface area contributed by atoms with E-state index in [0.29, 0.717) is 23.2 Å². The summed E-state index contributed by atoms with van der Waals surface area (Å²) in [4.78, 5) is 31.3. The van der Waals surface area contributed by atoms with Crippen molar-refractivity contribution in [1.82, 2.24) is 19.9 Å². The summed E-state index contributed by atoms with van der Waals surface area (Å²) in [6.07, 6.45) is 1.67. The van der Waals surface area contributed by atoms with Crippen molar-refractivity contribution in [2.75, 3.05) is 25.1 Å². The number of likely N-dealkylation sites (N-methyl/N-ethyl adjacent to an activating group) is 1. The summed E-state index contributed by atoms with van der Waals surface area (Å²) in [5.41, 5.74) is 1.56. The van der Waals surface area contributed by atoms with Crippen LogP contribution >= 0.6 is 11.3 Å². The van der Waals surface area contributed by atoms with Gasteiger partial charge >= 0.3 is 0 Å². The van der Waals surface area contributed by atoms with Gasteiger partial charge in [0.15, 0.2) is 0 Å². The minimum Gasteiger partial charge on any atom is -0.494 e. The molecule has 2 aromatic heterocycles. The molecule has 0 spiro atoms. The van der Waals surface area contributed by atoms with Gasteiger partial charge in [-0.25, -0.2) is 4.98 Å². The lowest BCUT2D eigenvalue weighted by Crippen LogP contribution is -2.34. The summed E-state index contributed by atoms with van der Waals surface area (Å²) in [6, 6.07) is 9.14. The normalized spacial score (nSPS) is 10.9. The molecule has 0 saturated carbocycles. The molecule has 3 rings (SSSR count). The first-order valence-electron chi connectivity index (χ1n) is 9.59. The standard InChI is InChI=1S/C20H25N5O3S/c1-4-6-15-11-18(27)25-19(22-15)29-20(23-25)24(3)13-17(26)21-12-14-7-9-16(10-8-14)28-5-2/h7-11H,4-6,12-13H2,1-3H3,(H,21,26). The third-order valence-corrected chi connectivity index (χ3v) is 5.25. The molecule has 8 nitrogen and oxygen atoms in total. The number of anilines is 1. The maximum atomic E-state index is 12.3. The highest BCUT2D eigenvalue weighted by Gasteiger charge is 2.14. The summed E-state index contributed by atoms with van der Waals surface area (Å²) in [6.45, 7) is 5.16. The Bertz CT molecular complexity index is 1030. The number of ether oxygens (including phenoxy) is 1. The van der Waals surface area contributed by atoms with Crippen LogP contribution in [0.2, 0.25) is 0 Å². The van der Waals surface area contributed by atoms with Crippen molar-refractivity contribution in [1.29, 1.82) is 0 Å². The van der Waals surface area contributed by atoms with Gasteiger partial charge in [0.25, 0.3) is 5.56 Å². The van der Waals surface area contributed by atoms with Gasteiger partial charge in [0.2, 0.25) is 16.0 Å². The first kappa shape index (κ1) is 20.8. The number of aromatic nitrogens is 3. The summed E-state index contributed by atoms with van der Waals surface area (Å²) < 4.78 is 6.70. The Kier molecular flexibility index (Phi) is 6.82. The van der Waals surface area contributed by atoms with E-state index in [4.69, 9.17) is 4.74 Å². The van der Waals surface area contributed by atoms with E-state index in [1.165, 1.54) is 21.9 Å². The first-order chi connectivity index (χ1) is 14.0. The van der Waals surface area contributed by atoms with Crippen LogP contribution in [0.3, 0.4) is 0 Å². The van der Waals surface area contributed by atoms with Crippen molar-refractivity contribution in [3.05, 3.63) is 51.9 Å².